The summed E-state index contributed by atoms with van der Waals surface area (Å²) in [4.78, 5) is 48.5. The molecule has 2 amide bonds. The van der Waals surface area contributed by atoms with Crippen LogP contribution in [0.4, 0.5) is 17.5 Å². The van der Waals surface area contributed by atoms with E-state index in [1.807, 2.05) is 43.4 Å². The molecule has 2 aromatic carbocycles. The third-order valence-electron chi connectivity index (χ3n) is 9.54. The number of piperidine rings is 2. The summed E-state index contributed by atoms with van der Waals surface area (Å²) in [6.07, 6.45) is 4.26. The number of halogens is 1. The average molecular weight is 702 g/mol. The zero-order chi connectivity index (χ0) is 35.3. The number of aliphatic hydroxyl groups is 1. The van der Waals surface area contributed by atoms with Crippen LogP contribution in [-0.2, 0) is 30.2 Å². The molecule has 0 radical (unpaired) electrons. The Morgan fingerprint density at radius 3 is 2.56 bits per heavy atom. The number of imide groups is 1. The van der Waals surface area contributed by atoms with Crippen molar-refractivity contribution in [3.05, 3.63) is 63.8 Å². The number of hydrogen-bond donors (Lipinski definition) is 3. The number of carbonyl (C=O) groups is 2. The summed E-state index contributed by atoms with van der Waals surface area (Å²) in [5, 5.41) is 21.8. The lowest BCUT2D eigenvalue weighted by atomic mass is 9.93. The first-order chi connectivity index (χ1) is 23.8. The zero-order valence-electron chi connectivity index (χ0n) is 28.4. The van der Waals surface area contributed by atoms with E-state index in [-0.39, 0.29) is 23.6 Å². The molecule has 0 spiro atoms. The maximum absolute atomic E-state index is 13.0. The number of amides is 2. The first-order valence-corrected chi connectivity index (χ1v) is 17.2. The van der Waals surface area contributed by atoms with E-state index in [9.17, 15) is 19.5 Å². The molecule has 2 fully saturated rings. The third kappa shape index (κ3) is 6.64. The molecule has 0 aliphatic carbocycles. The fraction of sp³-hybridized carbons (Fsp3) is 0.429. The van der Waals surface area contributed by atoms with Gasteiger partial charge in [-0.05, 0) is 57.0 Å². The number of aryl methyl sites for hydroxylation is 3. The molecular formula is C35H40ClN9O5. The molecule has 14 nitrogen and oxygen atoms in total. The van der Waals surface area contributed by atoms with E-state index in [0.717, 1.165) is 40.5 Å². The molecule has 1 unspecified atom stereocenters. The zero-order valence-corrected chi connectivity index (χ0v) is 29.2. The molecule has 5 aromatic rings. The lowest BCUT2D eigenvalue weighted by molar-refractivity contribution is -0.134. The average Bonchev–Trinajstić information content (AvgIpc) is 3.52. The number of anilines is 3. The Labute approximate surface area is 293 Å². The van der Waals surface area contributed by atoms with Gasteiger partial charge in [-0.25, -0.2) is 9.78 Å². The van der Waals surface area contributed by atoms with Gasteiger partial charge in [0.05, 0.1) is 40.0 Å². The summed E-state index contributed by atoms with van der Waals surface area (Å²) in [5.74, 6) is 0.722. The molecule has 0 saturated carbocycles. The lowest BCUT2D eigenvalue weighted by Crippen LogP contribution is -2.39. The molecule has 5 heterocycles. The monoisotopic (exact) mass is 701 g/mol. The maximum Gasteiger partial charge on any atom is 0.328 e. The molecular weight excluding hydrogens is 662 g/mol. The molecule has 2 aliphatic heterocycles. The van der Waals surface area contributed by atoms with Gasteiger partial charge < -0.3 is 20.1 Å². The van der Waals surface area contributed by atoms with Gasteiger partial charge in [0.2, 0.25) is 17.8 Å². The number of benzene rings is 2. The lowest BCUT2D eigenvalue weighted by Gasteiger charge is -2.32. The van der Waals surface area contributed by atoms with Crippen LogP contribution in [0.3, 0.4) is 0 Å². The van der Waals surface area contributed by atoms with Gasteiger partial charge in [0, 0.05) is 70.1 Å². The Hall–Kier alpha value is -4.95. The number of aromatic nitrogens is 6. The second-order valence-corrected chi connectivity index (χ2v) is 14.2. The Bertz CT molecular complexity index is 2180. The van der Waals surface area contributed by atoms with Gasteiger partial charge in [-0.3, -0.25) is 28.7 Å². The summed E-state index contributed by atoms with van der Waals surface area (Å²) >= 11 is 6.54. The highest BCUT2D eigenvalue weighted by Gasteiger charge is 2.32. The van der Waals surface area contributed by atoms with Crippen molar-refractivity contribution >= 4 is 62.8 Å². The molecule has 3 N–H and O–H groups in total. The quantitative estimate of drug-likeness (QED) is 0.191. The molecule has 2 saturated heterocycles. The van der Waals surface area contributed by atoms with E-state index >= 15 is 0 Å². The van der Waals surface area contributed by atoms with Gasteiger partial charge in [0.15, 0.2) is 5.82 Å². The van der Waals surface area contributed by atoms with Crippen molar-refractivity contribution in [1.82, 2.24) is 34.2 Å². The van der Waals surface area contributed by atoms with Gasteiger partial charge in [-0.1, -0.05) is 11.6 Å². The Balaban J connectivity index is 1.01. The highest BCUT2D eigenvalue weighted by molar-refractivity contribution is 6.32. The number of hydrogen-bond acceptors (Lipinski definition) is 10. The fourth-order valence-electron chi connectivity index (χ4n) is 6.74. The minimum atomic E-state index is -0.900. The summed E-state index contributed by atoms with van der Waals surface area (Å²) in [5.41, 5.74) is 2.73. The van der Waals surface area contributed by atoms with Crippen LogP contribution in [0.1, 0.15) is 57.6 Å². The van der Waals surface area contributed by atoms with Crippen LogP contribution in [0.5, 0.6) is 5.75 Å². The van der Waals surface area contributed by atoms with Crippen LogP contribution in [0.2, 0.25) is 5.02 Å². The number of nitrogens with zero attached hydrogens (tertiary/aromatic N) is 7. The largest absolute Gasteiger partial charge is 0.490 e. The van der Waals surface area contributed by atoms with E-state index in [1.165, 1.54) is 0 Å². The standard InChI is InChI=1S/C35H40ClN9O5/c1-35(2,49)13-16-45-28-17-20(5-9-26(28)42(3)34(45)48)38-31-25(36)19-37-33(40-31)44-14-11-21(12-15-44)50-22-6-7-23-27(18-22)43(4)41-30(23)24-8-10-29(46)39-32(24)47/h5-7,9,17-19,21,24,49H,8,10-16H2,1-4H3,(H,37,38,40)(H,39,46,47). The highest BCUT2D eigenvalue weighted by atomic mass is 35.5. The van der Waals surface area contributed by atoms with E-state index < -0.39 is 11.5 Å². The normalized spacial score (nSPS) is 17.5. The summed E-state index contributed by atoms with van der Waals surface area (Å²) in [6, 6.07) is 11.4. The number of ether oxygens (including phenoxy) is 1. The second-order valence-electron chi connectivity index (χ2n) is 13.7. The predicted octanol–water partition coefficient (Wildman–Crippen LogP) is 4.14. The first-order valence-electron chi connectivity index (χ1n) is 16.8. The van der Waals surface area contributed by atoms with E-state index in [4.69, 9.17) is 21.3 Å². The molecule has 50 heavy (non-hydrogen) atoms. The maximum atomic E-state index is 13.0. The van der Waals surface area contributed by atoms with E-state index in [1.54, 1.807) is 40.9 Å². The molecule has 262 valence electrons. The van der Waals surface area contributed by atoms with Crippen LogP contribution in [0.15, 0.2) is 47.4 Å². The number of carbonyl (C=O) groups excluding carboxylic acids is 2. The molecule has 3 aromatic heterocycles. The molecule has 1 atom stereocenters. The molecule has 0 bridgehead atoms. The van der Waals surface area contributed by atoms with Crippen molar-refractivity contribution in [2.45, 2.75) is 70.1 Å². The number of rotatable bonds is 9. The number of nitrogens with one attached hydrogen (secondary N) is 2. The van der Waals surface area contributed by atoms with Gasteiger partial charge in [-0.15, -0.1) is 0 Å². The van der Waals surface area contributed by atoms with Crippen LogP contribution >= 0.6 is 11.6 Å². The molecule has 7 rings (SSSR count). The Morgan fingerprint density at radius 2 is 1.82 bits per heavy atom. The predicted molar refractivity (Wildman–Crippen MR) is 190 cm³/mol. The fourth-order valence-corrected chi connectivity index (χ4v) is 6.88. The van der Waals surface area contributed by atoms with Gasteiger partial charge in [0.25, 0.3) is 0 Å². The van der Waals surface area contributed by atoms with Crippen molar-refractivity contribution in [2.75, 3.05) is 23.3 Å². The summed E-state index contributed by atoms with van der Waals surface area (Å²) < 4.78 is 11.4. The van der Waals surface area contributed by atoms with Crippen molar-refractivity contribution in [3.8, 4) is 5.75 Å². The van der Waals surface area contributed by atoms with Crippen LogP contribution < -0.4 is 26.0 Å². The number of imidazole rings is 1. The smallest absolute Gasteiger partial charge is 0.328 e. The van der Waals surface area contributed by atoms with Crippen LogP contribution in [0, 0.1) is 0 Å². The third-order valence-corrected chi connectivity index (χ3v) is 9.81. The van der Waals surface area contributed by atoms with Gasteiger partial charge in [0.1, 0.15) is 16.9 Å². The van der Waals surface area contributed by atoms with Crippen molar-refractivity contribution < 1.29 is 19.4 Å². The minimum Gasteiger partial charge on any atom is -0.490 e. The molecule has 15 heteroatoms. The van der Waals surface area contributed by atoms with Crippen molar-refractivity contribution in [2.24, 2.45) is 14.1 Å². The van der Waals surface area contributed by atoms with E-state index in [0.29, 0.717) is 67.1 Å². The number of fused-ring (bicyclic) bond motifs is 2. The van der Waals surface area contributed by atoms with E-state index in [2.05, 4.69) is 25.6 Å². The second kappa shape index (κ2) is 13.1. The molecule has 2 aliphatic rings. The Morgan fingerprint density at radius 1 is 1.04 bits per heavy atom. The van der Waals surface area contributed by atoms with Crippen molar-refractivity contribution in [3.63, 3.8) is 0 Å². The summed E-state index contributed by atoms with van der Waals surface area (Å²) in [7, 11) is 3.58. The minimum absolute atomic E-state index is 0.0111. The van der Waals surface area contributed by atoms with Gasteiger partial charge >= 0.3 is 5.69 Å². The SMILES string of the molecule is Cn1nc(C2CCC(=O)NC2=O)c2ccc(OC3CCN(c4ncc(Cl)c(Nc5ccc6c(c5)n(CCC(C)(C)O)c(=O)n6C)n4)CC3)cc21. The topological polar surface area (TPSA) is 161 Å². The highest BCUT2D eigenvalue weighted by Crippen LogP contribution is 2.33. The van der Waals surface area contributed by atoms with Crippen LogP contribution in [-0.4, -0.2) is 70.6 Å². The van der Waals surface area contributed by atoms with Gasteiger partial charge in [-0.2, -0.15) is 10.1 Å². The Kier molecular flexibility index (Phi) is 8.76. The van der Waals surface area contributed by atoms with Crippen molar-refractivity contribution in [1.29, 1.82) is 0 Å². The first kappa shape index (κ1) is 33.5. The summed E-state index contributed by atoms with van der Waals surface area (Å²) in [6.45, 7) is 5.20. The van der Waals surface area contributed by atoms with Crippen LogP contribution in [0.25, 0.3) is 21.9 Å².